The molecule has 5 heteroatoms. The predicted octanol–water partition coefficient (Wildman–Crippen LogP) is 2.52. The lowest BCUT2D eigenvalue weighted by atomic mass is 9.88. The van der Waals surface area contributed by atoms with E-state index in [1.165, 1.54) is 11.3 Å². The van der Waals surface area contributed by atoms with Crippen LogP contribution in [0, 0.1) is 5.41 Å². The minimum atomic E-state index is -0.646. The fraction of sp³-hybridized carbons (Fsp3) is 0.615. The van der Waals surface area contributed by atoms with E-state index >= 15 is 0 Å². The molecule has 0 fully saturated rings. The number of thiophene rings is 1. The van der Waals surface area contributed by atoms with Crippen LogP contribution in [0.1, 0.15) is 39.4 Å². The summed E-state index contributed by atoms with van der Waals surface area (Å²) in [4.78, 5) is 11.6. The zero-order chi connectivity index (χ0) is 13.8. The fourth-order valence-electron chi connectivity index (χ4n) is 1.24. The summed E-state index contributed by atoms with van der Waals surface area (Å²) < 4.78 is 0. The summed E-state index contributed by atoms with van der Waals surface area (Å²) in [6.45, 7) is 8.39. The van der Waals surface area contributed by atoms with Crippen molar-refractivity contribution in [2.75, 3.05) is 6.54 Å². The Morgan fingerprint density at radius 1 is 1.50 bits per heavy atom. The fourth-order valence-corrected chi connectivity index (χ4v) is 1.94. The molecule has 0 saturated carbocycles. The van der Waals surface area contributed by atoms with Gasteiger partial charge in [0.25, 0.3) is 0 Å². The Bertz CT molecular complexity index is 371. The van der Waals surface area contributed by atoms with Crippen LogP contribution >= 0.6 is 11.3 Å². The zero-order valence-electron chi connectivity index (χ0n) is 11.4. The summed E-state index contributed by atoms with van der Waals surface area (Å²) in [5.41, 5.74) is 0.854. The summed E-state index contributed by atoms with van der Waals surface area (Å²) in [5.74, 6) is 0. The Balaban J connectivity index is 2.34. The van der Waals surface area contributed by atoms with Crippen molar-refractivity contribution >= 4 is 17.4 Å². The van der Waals surface area contributed by atoms with Crippen LogP contribution < -0.4 is 10.6 Å². The maximum atomic E-state index is 11.6. The van der Waals surface area contributed by atoms with E-state index in [1.54, 1.807) is 0 Å². The lowest BCUT2D eigenvalue weighted by molar-refractivity contribution is 0.171. The second-order valence-electron chi connectivity index (χ2n) is 5.51. The van der Waals surface area contributed by atoms with Gasteiger partial charge < -0.3 is 15.7 Å². The highest BCUT2D eigenvalue weighted by Gasteiger charge is 2.21. The van der Waals surface area contributed by atoms with Crippen LogP contribution in [0.15, 0.2) is 16.8 Å². The van der Waals surface area contributed by atoms with Crippen molar-refractivity contribution in [1.82, 2.24) is 10.6 Å². The van der Waals surface area contributed by atoms with Gasteiger partial charge in [-0.15, -0.1) is 0 Å². The predicted molar refractivity (Wildman–Crippen MR) is 74.7 cm³/mol. The molecule has 0 spiro atoms. The standard InChI is InChI=1S/C13H22N2O2S/c1-9(13(2,3)4)15-12(17)14-7-11(16)10-5-6-18-8-10/h5-6,8-9,11,16H,7H2,1-4H3,(H2,14,15,17). The topological polar surface area (TPSA) is 61.4 Å². The van der Waals surface area contributed by atoms with Crippen LogP contribution in [0.4, 0.5) is 4.79 Å². The zero-order valence-corrected chi connectivity index (χ0v) is 12.2. The number of aliphatic hydroxyl groups is 1. The molecule has 18 heavy (non-hydrogen) atoms. The van der Waals surface area contributed by atoms with Gasteiger partial charge in [-0.1, -0.05) is 20.8 Å². The number of carbonyl (C=O) groups is 1. The lowest BCUT2D eigenvalue weighted by Crippen LogP contribution is -2.47. The molecule has 1 rings (SSSR count). The van der Waals surface area contributed by atoms with Gasteiger partial charge in [0.2, 0.25) is 0 Å². The van der Waals surface area contributed by atoms with Gasteiger partial charge in [-0.25, -0.2) is 4.79 Å². The van der Waals surface area contributed by atoms with E-state index < -0.39 is 6.10 Å². The number of amides is 2. The molecule has 102 valence electrons. The molecule has 3 N–H and O–H groups in total. The summed E-state index contributed by atoms with van der Waals surface area (Å²) in [7, 11) is 0. The number of urea groups is 1. The van der Waals surface area contributed by atoms with Crippen LogP contribution in [0.5, 0.6) is 0 Å². The summed E-state index contributed by atoms with van der Waals surface area (Å²) in [6.07, 6.45) is -0.646. The van der Waals surface area contributed by atoms with Crippen LogP contribution in [0.3, 0.4) is 0 Å². The Labute approximate surface area is 112 Å². The first-order chi connectivity index (χ1) is 8.30. The summed E-state index contributed by atoms with van der Waals surface area (Å²) in [6, 6.07) is 1.68. The second kappa shape index (κ2) is 6.20. The maximum Gasteiger partial charge on any atom is 0.315 e. The van der Waals surface area contributed by atoms with Crippen molar-refractivity contribution in [3.8, 4) is 0 Å². The first-order valence-corrected chi connectivity index (χ1v) is 6.99. The number of aliphatic hydroxyl groups excluding tert-OH is 1. The minimum absolute atomic E-state index is 0.0172. The molecule has 2 unspecified atom stereocenters. The van der Waals surface area contributed by atoms with Gasteiger partial charge in [0.05, 0.1) is 6.10 Å². The molecule has 1 heterocycles. The largest absolute Gasteiger partial charge is 0.387 e. The number of hydrogen-bond acceptors (Lipinski definition) is 3. The van der Waals surface area contributed by atoms with Crippen molar-refractivity contribution < 1.29 is 9.90 Å². The van der Waals surface area contributed by atoms with Crippen molar-refractivity contribution in [3.63, 3.8) is 0 Å². The van der Waals surface area contributed by atoms with Gasteiger partial charge in [-0.2, -0.15) is 11.3 Å². The number of hydrogen-bond donors (Lipinski definition) is 3. The van der Waals surface area contributed by atoms with Crippen LogP contribution in [0.25, 0.3) is 0 Å². The van der Waals surface area contributed by atoms with E-state index in [4.69, 9.17) is 0 Å². The monoisotopic (exact) mass is 270 g/mol. The first kappa shape index (κ1) is 15.0. The SMILES string of the molecule is CC(NC(=O)NCC(O)c1ccsc1)C(C)(C)C. The highest BCUT2D eigenvalue weighted by molar-refractivity contribution is 7.07. The quantitative estimate of drug-likeness (QED) is 0.787. The molecule has 2 atom stereocenters. The Kier molecular flexibility index (Phi) is 5.16. The van der Waals surface area contributed by atoms with E-state index in [2.05, 4.69) is 31.4 Å². The van der Waals surface area contributed by atoms with Gasteiger partial charge in [0.1, 0.15) is 0 Å². The molecule has 0 aliphatic carbocycles. The molecule has 0 aliphatic rings. The average molecular weight is 270 g/mol. The average Bonchev–Trinajstić information content (AvgIpc) is 2.77. The molecule has 4 nitrogen and oxygen atoms in total. The Hall–Kier alpha value is -1.07. The molecule has 0 saturated heterocycles. The molecule has 0 aromatic carbocycles. The molecule has 2 amide bonds. The first-order valence-electron chi connectivity index (χ1n) is 6.05. The highest BCUT2D eigenvalue weighted by atomic mass is 32.1. The van der Waals surface area contributed by atoms with Crippen LogP contribution in [0.2, 0.25) is 0 Å². The third-order valence-corrected chi connectivity index (χ3v) is 3.73. The van der Waals surface area contributed by atoms with Crippen LogP contribution in [-0.2, 0) is 0 Å². The molecular formula is C13H22N2O2S. The molecule has 1 aromatic heterocycles. The number of carbonyl (C=O) groups excluding carboxylic acids is 1. The van der Waals surface area contributed by atoms with Gasteiger partial charge in [0.15, 0.2) is 0 Å². The lowest BCUT2D eigenvalue weighted by Gasteiger charge is -2.28. The Morgan fingerprint density at radius 3 is 2.67 bits per heavy atom. The second-order valence-corrected chi connectivity index (χ2v) is 6.29. The number of nitrogens with one attached hydrogen (secondary N) is 2. The number of rotatable bonds is 4. The molecule has 1 aromatic rings. The normalized spacial score (nSPS) is 14.9. The van der Waals surface area contributed by atoms with Gasteiger partial charge in [0, 0.05) is 12.6 Å². The third kappa shape index (κ3) is 4.66. The van der Waals surface area contributed by atoms with E-state index in [0.29, 0.717) is 0 Å². The van der Waals surface area contributed by atoms with E-state index in [0.717, 1.165) is 5.56 Å². The summed E-state index contributed by atoms with van der Waals surface area (Å²) in [5, 5.41) is 19.1. The van der Waals surface area contributed by atoms with E-state index in [1.807, 2.05) is 23.8 Å². The van der Waals surface area contributed by atoms with Gasteiger partial charge in [-0.3, -0.25) is 0 Å². The molecule has 0 aliphatic heterocycles. The van der Waals surface area contributed by atoms with Crippen molar-refractivity contribution in [2.45, 2.75) is 39.8 Å². The highest BCUT2D eigenvalue weighted by Crippen LogP contribution is 2.18. The minimum Gasteiger partial charge on any atom is -0.387 e. The van der Waals surface area contributed by atoms with Gasteiger partial charge in [-0.05, 0) is 34.7 Å². The van der Waals surface area contributed by atoms with E-state index in [-0.39, 0.29) is 24.0 Å². The molecule has 0 radical (unpaired) electrons. The van der Waals surface area contributed by atoms with Gasteiger partial charge >= 0.3 is 6.03 Å². The summed E-state index contributed by atoms with van der Waals surface area (Å²) >= 11 is 1.53. The molecule has 0 bridgehead atoms. The van der Waals surface area contributed by atoms with Crippen molar-refractivity contribution in [1.29, 1.82) is 0 Å². The van der Waals surface area contributed by atoms with Crippen LogP contribution in [-0.4, -0.2) is 23.7 Å². The molecular weight excluding hydrogens is 248 g/mol. The van der Waals surface area contributed by atoms with E-state index in [9.17, 15) is 9.90 Å². The van der Waals surface area contributed by atoms with Crippen molar-refractivity contribution in [2.24, 2.45) is 5.41 Å². The van der Waals surface area contributed by atoms with Crippen molar-refractivity contribution in [3.05, 3.63) is 22.4 Å². The third-order valence-electron chi connectivity index (χ3n) is 3.03. The Morgan fingerprint density at radius 2 is 2.17 bits per heavy atom. The smallest absolute Gasteiger partial charge is 0.315 e. The maximum absolute atomic E-state index is 11.6.